The van der Waals surface area contributed by atoms with E-state index in [0.717, 1.165) is 31.7 Å². The van der Waals surface area contributed by atoms with Crippen LogP contribution in [0.25, 0.3) is 0 Å². The van der Waals surface area contributed by atoms with E-state index >= 15 is 0 Å². The molecule has 2 heterocycles. The van der Waals surface area contributed by atoms with E-state index in [2.05, 4.69) is 21.3 Å². The number of hydrogen-bond donors (Lipinski definition) is 2. The molecule has 1 aliphatic heterocycles. The Morgan fingerprint density at radius 3 is 2.79 bits per heavy atom. The average Bonchev–Trinajstić information content (AvgIpc) is 2.46. The van der Waals surface area contributed by atoms with Crippen molar-refractivity contribution in [2.24, 2.45) is 11.7 Å². The predicted molar refractivity (Wildman–Crippen MR) is 76.0 cm³/mol. The summed E-state index contributed by atoms with van der Waals surface area (Å²) in [5.74, 6) is 1.27. The van der Waals surface area contributed by atoms with Gasteiger partial charge in [-0.05, 0) is 31.4 Å². The first kappa shape index (κ1) is 13.8. The summed E-state index contributed by atoms with van der Waals surface area (Å²) in [7, 11) is 0. The van der Waals surface area contributed by atoms with Crippen LogP contribution in [0.3, 0.4) is 0 Å². The minimum absolute atomic E-state index is 0.119. The highest BCUT2D eigenvalue weighted by Gasteiger charge is 2.25. The van der Waals surface area contributed by atoms with Gasteiger partial charge in [-0.15, -0.1) is 0 Å². The first-order valence-electron chi connectivity index (χ1n) is 6.86. The Morgan fingerprint density at radius 1 is 1.47 bits per heavy atom. The van der Waals surface area contributed by atoms with Crippen molar-refractivity contribution in [1.29, 1.82) is 0 Å². The zero-order chi connectivity index (χ0) is 13.7. The minimum atomic E-state index is 0.119. The molecule has 1 amide bonds. The van der Waals surface area contributed by atoms with Gasteiger partial charge in [0.25, 0.3) is 0 Å². The molecule has 0 bridgehead atoms. The third-order valence-electron chi connectivity index (χ3n) is 3.53. The predicted octanol–water partition coefficient (Wildman–Crippen LogP) is 0.681. The molecule has 19 heavy (non-hydrogen) atoms. The van der Waals surface area contributed by atoms with Crippen LogP contribution in [0.5, 0.6) is 0 Å². The third kappa shape index (κ3) is 3.67. The van der Waals surface area contributed by atoms with Gasteiger partial charge in [0.1, 0.15) is 5.82 Å². The molecule has 0 unspecified atom stereocenters. The second kappa shape index (κ2) is 6.52. The van der Waals surface area contributed by atoms with Crippen LogP contribution in [0, 0.1) is 12.8 Å². The summed E-state index contributed by atoms with van der Waals surface area (Å²) >= 11 is 0. The van der Waals surface area contributed by atoms with E-state index in [1.54, 1.807) is 0 Å². The van der Waals surface area contributed by atoms with Crippen molar-refractivity contribution >= 4 is 11.7 Å². The summed E-state index contributed by atoms with van der Waals surface area (Å²) in [6.45, 7) is 4.87. The smallest absolute Gasteiger partial charge is 0.223 e. The van der Waals surface area contributed by atoms with Crippen LogP contribution in [0.4, 0.5) is 5.82 Å². The zero-order valence-corrected chi connectivity index (χ0v) is 11.4. The van der Waals surface area contributed by atoms with E-state index in [9.17, 15) is 4.79 Å². The molecule has 0 atom stereocenters. The number of anilines is 1. The largest absolute Gasteiger partial charge is 0.357 e. The average molecular weight is 262 g/mol. The summed E-state index contributed by atoms with van der Waals surface area (Å²) in [5, 5.41) is 2.87. The summed E-state index contributed by atoms with van der Waals surface area (Å²) in [4.78, 5) is 18.5. The Hall–Kier alpha value is -1.62. The number of aryl methyl sites for hydroxylation is 1. The quantitative estimate of drug-likeness (QED) is 0.837. The van der Waals surface area contributed by atoms with Gasteiger partial charge in [-0.25, -0.2) is 4.98 Å². The summed E-state index contributed by atoms with van der Waals surface area (Å²) < 4.78 is 0. The minimum Gasteiger partial charge on any atom is -0.357 e. The molecule has 1 aromatic rings. The van der Waals surface area contributed by atoms with Crippen molar-refractivity contribution in [2.45, 2.75) is 19.8 Å². The molecule has 5 nitrogen and oxygen atoms in total. The summed E-state index contributed by atoms with van der Waals surface area (Å²) in [6, 6.07) is 4.12. The zero-order valence-electron chi connectivity index (χ0n) is 11.4. The Bertz CT molecular complexity index is 410. The summed E-state index contributed by atoms with van der Waals surface area (Å²) in [6.07, 6.45) is 3.65. The van der Waals surface area contributed by atoms with Crippen molar-refractivity contribution in [1.82, 2.24) is 10.3 Å². The lowest BCUT2D eigenvalue weighted by atomic mass is 9.96. The van der Waals surface area contributed by atoms with Gasteiger partial charge in [-0.2, -0.15) is 0 Å². The Morgan fingerprint density at radius 2 is 2.21 bits per heavy atom. The molecule has 1 aliphatic rings. The number of nitrogens with one attached hydrogen (secondary N) is 1. The number of aromatic nitrogens is 1. The van der Waals surface area contributed by atoms with Crippen LogP contribution < -0.4 is 16.0 Å². The molecule has 0 aliphatic carbocycles. The number of nitrogens with zero attached hydrogens (tertiary/aromatic N) is 2. The number of pyridine rings is 1. The van der Waals surface area contributed by atoms with Crippen molar-refractivity contribution in [3.63, 3.8) is 0 Å². The molecule has 1 saturated heterocycles. The van der Waals surface area contributed by atoms with Gasteiger partial charge in [-0.1, -0.05) is 6.07 Å². The van der Waals surface area contributed by atoms with Crippen LogP contribution in [-0.4, -0.2) is 37.1 Å². The van der Waals surface area contributed by atoms with Crippen molar-refractivity contribution < 1.29 is 4.79 Å². The normalized spacial score (nSPS) is 16.4. The first-order valence-corrected chi connectivity index (χ1v) is 6.86. The van der Waals surface area contributed by atoms with Crippen molar-refractivity contribution in [3.8, 4) is 0 Å². The number of rotatable bonds is 4. The number of piperidine rings is 1. The maximum atomic E-state index is 11.8. The highest BCUT2D eigenvalue weighted by Crippen LogP contribution is 2.21. The SMILES string of the molecule is Cc1ccc(N2CCC(C(=O)NCCN)CC2)nc1. The van der Waals surface area contributed by atoms with E-state index in [1.165, 1.54) is 5.56 Å². The molecule has 1 fully saturated rings. The number of carbonyl (C=O) groups excluding carboxylic acids is 1. The Balaban J connectivity index is 1.85. The third-order valence-corrected chi connectivity index (χ3v) is 3.53. The maximum absolute atomic E-state index is 11.8. The fourth-order valence-corrected chi connectivity index (χ4v) is 2.36. The monoisotopic (exact) mass is 262 g/mol. The molecule has 104 valence electrons. The molecule has 0 aromatic carbocycles. The second-order valence-electron chi connectivity index (χ2n) is 5.03. The lowest BCUT2D eigenvalue weighted by molar-refractivity contribution is -0.125. The molecule has 2 rings (SSSR count). The molecule has 5 heteroatoms. The van der Waals surface area contributed by atoms with Crippen molar-refractivity contribution in [2.75, 3.05) is 31.1 Å². The second-order valence-corrected chi connectivity index (χ2v) is 5.03. The van der Waals surface area contributed by atoms with Gasteiger partial charge >= 0.3 is 0 Å². The number of nitrogens with two attached hydrogens (primary N) is 1. The number of hydrogen-bond acceptors (Lipinski definition) is 4. The highest BCUT2D eigenvalue weighted by atomic mass is 16.1. The van der Waals surface area contributed by atoms with E-state index in [1.807, 2.05) is 19.2 Å². The highest BCUT2D eigenvalue weighted by molar-refractivity contribution is 5.78. The molecular weight excluding hydrogens is 240 g/mol. The molecular formula is C14H22N4O. The van der Waals surface area contributed by atoms with Crippen LogP contribution in [0.1, 0.15) is 18.4 Å². The fourth-order valence-electron chi connectivity index (χ4n) is 2.36. The van der Waals surface area contributed by atoms with Crippen LogP contribution in [0.2, 0.25) is 0 Å². The topological polar surface area (TPSA) is 71.2 Å². The first-order chi connectivity index (χ1) is 9.20. The fraction of sp³-hybridized carbons (Fsp3) is 0.571. The van der Waals surface area contributed by atoms with Gasteiger partial charge in [0, 0.05) is 38.3 Å². The lowest BCUT2D eigenvalue weighted by Gasteiger charge is -2.32. The Labute approximate surface area is 114 Å². The molecule has 0 radical (unpaired) electrons. The molecule has 3 N–H and O–H groups in total. The lowest BCUT2D eigenvalue weighted by Crippen LogP contribution is -2.41. The van der Waals surface area contributed by atoms with Crippen LogP contribution in [-0.2, 0) is 4.79 Å². The van der Waals surface area contributed by atoms with Gasteiger partial charge in [-0.3, -0.25) is 4.79 Å². The Kier molecular flexibility index (Phi) is 4.74. The molecule has 0 saturated carbocycles. The van der Waals surface area contributed by atoms with E-state index < -0.39 is 0 Å². The molecule has 0 spiro atoms. The van der Waals surface area contributed by atoms with E-state index in [-0.39, 0.29) is 11.8 Å². The van der Waals surface area contributed by atoms with Crippen LogP contribution in [0.15, 0.2) is 18.3 Å². The van der Waals surface area contributed by atoms with Gasteiger partial charge < -0.3 is 16.0 Å². The van der Waals surface area contributed by atoms with Gasteiger partial charge in [0.2, 0.25) is 5.91 Å². The van der Waals surface area contributed by atoms with E-state index in [4.69, 9.17) is 5.73 Å². The van der Waals surface area contributed by atoms with Crippen LogP contribution >= 0.6 is 0 Å². The van der Waals surface area contributed by atoms with Crippen molar-refractivity contribution in [3.05, 3.63) is 23.9 Å². The standard InChI is InChI=1S/C14H22N4O/c1-11-2-3-13(17-10-11)18-8-4-12(5-9-18)14(19)16-7-6-15/h2-3,10,12H,4-9,15H2,1H3,(H,16,19). The number of carbonyl (C=O) groups is 1. The van der Waals surface area contributed by atoms with Gasteiger partial charge in [0.05, 0.1) is 0 Å². The number of amides is 1. The molecule has 1 aromatic heterocycles. The maximum Gasteiger partial charge on any atom is 0.223 e. The van der Waals surface area contributed by atoms with Gasteiger partial charge in [0.15, 0.2) is 0 Å². The van der Waals surface area contributed by atoms with E-state index in [0.29, 0.717) is 13.1 Å². The summed E-state index contributed by atoms with van der Waals surface area (Å²) in [5.41, 5.74) is 6.55.